The fourth-order valence-corrected chi connectivity index (χ4v) is 2.38. The second-order valence-electron chi connectivity index (χ2n) is 5.36. The van der Waals surface area contributed by atoms with E-state index in [0.29, 0.717) is 6.04 Å². The summed E-state index contributed by atoms with van der Waals surface area (Å²) in [6.07, 6.45) is 8.98. The fourth-order valence-electron chi connectivity index (χ4n) is 2.38. The van der Waals surface area contributed by atoms with E-state index in [1.54, 1.807) is 0 Å². The molecule has 2 aromatic rings. The van der Waals surface area contributed by atoms with Gasteiger partial charge in [0.2, 0.25) is 0 Å². The van der Waals surface area contributed by atoms with Crippen LogP contribution in [-0.2, 0) is 6.54 Å². The van der Waals surface area contributed by atoms with E-state index in [-0.39, 0.29) is 0 Å². The molecule has 1 heterocycles. The number of rotatable bonds is 8. The molecule has 1 aromatic heterocycles. The molecule has 3 nitrogen and oxygen atoms in total. The Morgan fingerprint density at radius 2 is 2.05 bits per heavy atom. The number of benzene rings is 1. The second-order valence-corrected chi connectivity index (χ2v) is 5.36. The monoisotopic (exact) mass is 271 g/mol. The van der Waals surface area contributed by atoms with Gasteiger partial charge in [0.25, 0.3) is 0 Å². The number of nitrogens with zero attached hydrogens (tertiary/aromatic N) is 2. The summed E-state index contributed by atoms with van der Waals surface area (Å²) < 4.78 is 1.93. The molecule has 1 N–H and O–H groups in total. The Kier molecular flexibility index (Phi) is 5.81. The van der Waals surface area contributed by atoms with Gasteiger partial charge in [-0.15, -0.1) is 0 Å². The summed E-state index contributed by atoms with van der Waals surface area (Å²) in [4.78, 5) is 0. The number of hydrogen-bond acceptors (Lipinski definition) is 2. The molecule has 0 radical (unpaired) electrons. The predicted octanol–water partition coefficient (Wildman–Crippen LogP) is 3.93. The summed E-state index contributed by atoms with van der Waals surface area (Å²) in [6.45, 7) is 5.41. The largest absolute Gasteiger partial charge is 0.310 e. The van der Waals surface area contributed by atoms with E-state index < -0.39 is 0 Å². The van der Waals surface area contributed by atoms with Crippen LogP contribution < -0.4 is 5.32 Å². The van der Waals surface area contributed by atoms with Crippen molar-refractivity contribution in [2.75, 3.05) is 0 Å². The third kappa shape index (κ3) is 4.20. The van der Waals surface area contributed by atoms with E-state index in [1.165, 1.54) is 31.2 Å². The third-order valence-corrected chi connectivity index (χ3v) is 3.62. The Bertz CT molecular complexity index is 491. The van der Waals surface area contributed by atoms with Gasteiger partial charge in [0.15, 0.2) is 0 Å². The minimum Gasteiger partial charge on any atom is -0.310 e. The van der Waals surface area contributed by atoms with Crippen LogP contribution >= 0.6 is 0 Å². The topological polar surface area (TPSA) is 29.9 Å². The molecule has 1 aromatic carbocycles. The maximum Gasteiger partial charge on any atom is 0.0690 e. The molecule has 20 heavy (non-hydrogen) atoms. The first kappa shape index (κ1) is 14.8. The molecule has 1 atom stereocenters. The molecule has 0 amide bonds. The van der Waals surface area contributed by atoms with Crippen molar-refractivity contribution >= 4 is 0 Å². The van der Waals surface area contributed by atoms with Crippen molar-refractivity contribution in [1.29, 1.82) is 0 Å². The zero-order chi connectivity index (χ0) is 14.2. The van der Waals surface area contributed by atoms with Gasteiger partial charge in [-0.2, -0.15) is 5.10 Å². The lowest BCUT2D eigenvalue weighted by molar-refractivity contribution is 0.486. The van der Waals surface area contributed by atoms with Gasteiger partial charge in [0.05, 0.1) is 5.69 Å². The molecule has 3 heteroatoms. The van der Waals surface area contributed by atoms with Gasteiger partial charge in [-0.25, -0.2) is 4.68 Å². The highest BCUT2D eigenvalue weighted by Crippen LogP contribution is 2.14. The van der Waals surface area contributed by atoms with Crippen LogP contribution in [0, 0.1) is 0 Å². The van der Waals surface area contributed by atoms with Crippen LogP contribution in [0.5, 0.6) is 0 Å². The van der Waals surface area contributed by atoms with Crippen LogP contribution in [0.25, 0.3) is 5.69 Å². The first-order valence-electron chi connectivity index (χ1n) is 7.62. The van der Waals surface area contributed by atoms with E-state index in [1.807, 2.05) is 23.1 Å². The highest BCUT2D eigenvalue weighted by molar-refractivity contribution is 5.40. The number of unbranched alkanes of at least 4 members (excludes halogenated alkanes) is 2. The number of aromatic nitrogens is 2. The summed E-state index contributed by atoms with van der Waals surface area (Å²) in [7, 11) is 0. The van der Waals surface area contributed by atoms with Gasteiger partial charge in [-0.1, -0.05) is 44.4 Å². The number of hydrogen-bond donors (Lipinski definition) is 1. The van der Waals surface area contributed by atoms with Crippen molar-refractivity contribution in [2.45, 2.75) is 52.1 Å². The predicted molar refractivity (Wildman–Crippen MR) is 84.0 cm³/mol. The summed E-state index contributed by atoms with van der Waals surface area (Å²) in [5.41, 5.74) is 2.45. The van der Waals surface area contributed by atoms with E-state index in [0.717, 1.165) is 12.2 Å². The second kappa shape index (κ2) is 7.85. The normalized spacial score (nSPS) is 12.5. The van der Waals surface area contributed by atoms with Gasteiger partial charge >= 0.3 is 0 Å². The maximum absolute atomic E-state index is 4.32. The number of para-hydroxylation sites is 1. The van der Waals surface area contributed by atoms with Crippen LogP contribution in [0.15, 0.2) is 42.7 Å². The van der Waals surface area contributed by atoms with Gasteiger partial charge < -0.3 is 5.32 Å². The molecule has 0 spiro atoms. The SMILES string of the molecule is CCCCCC(C)NCc1ccccc1-n1cccn1. The molecular formula is C17H25N3. The highest BCUT2D eigenvalue weighted by atomic mass is 15.3. The lowest BCUT2D eigenvalue weighted by Gasteiger charge is -2.15. The quantitative estimate of drug-likeness (QED) is 0.737. The lowest BCUT2D eigenvalue weighted by Crippen LogP contribution is -2.26. The maximum atomic E-state index is 4.32. The van der Waals surface area contributed by atoms with Gasteiger partial charge in [-0.3, -0.25) is 0 Å². The Hall–Kier alpha value is -1.61. The van der Waals surface area contributed by atoms with E-state index in [9.17, 15) is 0 Å². The Labute approximate surface area is 122 Å². The molecule has 0 fully saturated rings. The Balaban J connectivity index is 1.93. The summed E-state index contributed by atoms with van der Waals surface area (Å²) in [6, 6.07) is 11.0. The zero-order valence-electron chi connectivity index (χ0n) is 12.5. The zero-order valence-corrected chi connectivity index (χ0v) is 12.5. The molecule has 108 valence electrons. The van der Waals surface area contributed by atoms with Crippen LogP contribution in [0.3, 0.4) is 0 Å². The number of nitrogens with one attached hydrogen (secondary N) is 1. The molecule has 0 aliphatic heterocycles. The van der Waals surface area contributed by atoms with Crippen molar-refractivity contribution in [3.63, 3.8) is 0 Å². The Morgan fingerprint density at radius 3 is 2.80 bits per heavy atom. The van der Waals surface area contributed by atoms with E-state index in [2.05, 4.69) is 48.5 Å². The fraction of sp³-hybridized carbons (Fsp3) is 0.471. The molecule has 1 unspecified atom stereocenters. The summed E-state index contributed by atoms with van der Waals surface area (Å²) in [5.74, 6) is 0. The first-order valence-corrected chi connectivity index (χ1v) is 7.62. The standard InChI is InChI=1S/C17H25N3/c1-3-4-5-9-15(2)18-14-16-10-6-7-11-17(16)20-13-8-12-19-20/h6-8,10-13,15,18H,3-5,9,14H2,1-2H3. The average molecular weight is 271 g/mol. The molecule has 0 aliphatic rings. The van der Waals surface area contributed by atoms with Crippen molar-refractivity contribution in [3.05, 3.63) is 48.3 Å². The van der Waals surface area contributed by atoms with Crippen molar-refractivity contribution in [1.82, 2.24) is 15.1 Å². The molecule has 0 aliphatic carbocycles. The van der Waals surface area contributed by atoms with Crippen molar-refractivity contribution < 1.29 is 0 Å². The minimum absolute atomic E-state index is 0.562. The Morgan fingerprint density at radius 1 is 1.20 bits per heavy atom. The van der Waals surface area contributed by atoms with Gasteiger partial charge in [-0.05, 0) is 31.0 Å². The lowest BCUT2D eigenvalue weighted by atomic mass is 10.1. The van der Waals surface area contributed by atoms with Crippen molar-refractivity contribution in [3.8, 4) is 5.69 Å². The smallest absolute Gasteiger partial charge is 0.0690 e. The van der Waals surface area contributed by atoms with Crippen LogP contribution in [-0.4, -0.2) is 15.8 Å². The average Bonchev–Trinajstić information content (AvgIpc) is 3.00. The molecule has 0 bridgehead atoms. The summed E-state index contributed by atoms with van der Waals surface area (Å²) in [5, 5.41) is 7.94. The van der Waals surface area contributed by atoms with Gasteiger partial charge in [0.1, 0.15) is 0 Å². The van der Waals surface area contributed by atoms with E-state index >= 15 is 0 Å². The molecule has 2 rings (SSSR count). The minimum atomic E-state index is 0.562. The van der Waals surface area contributed by atoms with Crippen LogP contribution in [0.2, 0.25) is 0 Å². The summed E-state index contributed by atoms with van der Waals surface area (Å²) >= 11 is 0. The first-order chi connectivity index (χ1) is 9.81. The third-order valence-electron chi connectivity index (χ3n) is 3.62. The van der Waals surface area contributed by atoms with Crippen molar-refractivity contribution in [2.24, 2.45) is 0 Å². The molecule has 0 saturated heterocycles. The molecule has 0 saturated carbocycles. The van der Waals surface area contributed by atoms with Gasteiger partial charge in [0, 0.05) is 25.0 Å². The van der Waals surface area contributed by atoms with Crippen LogP contribution in [0.1, 0.15) is 45.1 Å². The molecular weight excluding hydrogens is 246 g/mol. The highest BCUT2D eigenvalue weighted by Gasteiger charge is 2.06. The van der Waals surface area contributed by atoms with E-state index in [4.69, 9.17) is 0 Å². The van der Waals surface area contributed by atoms with Crippen LogP contribution in [0.4, 0.5) is 0 Å².